The first kappa shape index (κ1) is 14.6. The second-order valence-electron chi connectivity index (χ2n) is 6.69. The summed E-state index contributed by atoms with van der Waals surface area (Å²) >= 11 is 0. The number of aryl methyl sites for hydroxylation is 1. The smallest absolute Gasteiger partial charge is 0.256 e. The zero-order valence-electron chi connectivity index (χ0n) is 13.3. The molecule has 4 heteroatoms. The van der Waals surface area contributed by atoms with E-state index in [1.54, 1.807) is 6.92 Å². The van der Waals surface area contributed by atoms with E-state index in [2.05, 4.69) is 18.4 Å². The van der Waals surface area contributed by atoms with Crippen LogP contribution in [0.1, 0.15) is 66.8 Å². The molecule has 2 heterocycles. The van der Waals surface area contributed by atoms with E-state index in [4.69, 9.17) is 0 Å². The number of aliphatic hydroxyl groups excluding tert-OH is 1. The van der Waals surface area contributed by atoms with E-state index in [-0.39, 0.29) is 11.9 Å². The predicted molar refractivity (Wildman–Crippen MR) is 82.5 cm³/mol. The van der Waals surface area contributed by atoms with E-state index in [1.165, 1.54) is 18.5 Å². The number of amides is 1. The molecule has 2 aliphatic rings. The molecule has 1 aromatic heterocycles. The molecule has 3 rings (SSSR count). The lowest BCUT2D eigenvalue weighted by molar-refractivity contribution is 0.0280. The fourth-order valence-corrected chi connectivity index (χ4v) is 3.75. The van der Waals surface area contributed by atoms with Crippen LogP contribution in [0.15, 0.2) is 6.07 Å². The van der Waals surface area contributed by atoms with E-state index in [0.717, 1.165) is 37.1 Å². The standard InChI is InChI=1S/C17H26N2O2/c1-11-10-15(12(2)19(11)14-7-8-14)17(21)18-9-5-4-6-16(18)13(3)20/h10,13-14,16,20H,4-9H2,1-3H3. The summed E-state index contributed by atoms with van der Waals surface area (Å²) in [5.41, 5.74) is 3.10. The third-order valence-corrected chi connectivity index (χ3v) is 4.99. The first-order valence-corrected chi connectivity index (χ1v) is 8.18. The van der Waals surface area contributed by atoms with Crippen molar-refractivity contribution in [3.05, 3.63) is 23.0 Å². The summed E-state index contributed by atoms with van der Waals surface area (Å²) in [5.74, 6) is 0.0978. The van der Waals surface area contributed by atoms with Gasteiger partial charge in [-0.1, -0.05) is 0 Å². The van der Waals surface area contributed by atoms with Crippen molar-refractivity contribution in [2.24, 2.45) is 0 Å². The molecule has 2 atom stereocenters. The van der Waals surface area contributed by atoms with E-state index >= 15 is 0 Å². The van der Waals surface area contributed by atoms with E-state index < -0.39 is 6.10 Å². The average Bonchev–Trinajstić information content (AvgIpc) is 3.24. The van der Waals surface area contributed by atoms with Crippen LogP contribution in [0.4, 0.5) is 0 Å². The lowest BCUT2D eigenvalue weighted by Gasteiger charge is -2.37. The lowest BCUT2D eigenvalue weighted by Crippen LogP contribution is -2.49. The van der Waals surface area contributed by atoms with Gasteiger partial charge in [-0.05, 0) is 58.9 Å². The van der Waals surface area contributed by atoms with Crippen LogP contribution < -0.4 is 0 Å². The monoisotopic (exact) mass is 290 g/mol. The molecule has 0 aromatic carbocycles. The molecular formula is C17H26N2O2. The first-order chi connectivity index (χ1) is 10.0. The van der Waals surface area contributed by atoms with Gasteiger partial charge in [-0.2, -0.15) is 0 Å². The van der Waals surface area contributed by atoms with Crippen LogP contribution in [-0.4, -0.2) is 39.2 Å². The molecule has 1 saturated carbocycles. The first-order valence-electron chi connectivity index (χ1n) is 8.18. The van der Waals surface area contributed by atoms with Crippen molar-refractivity contribution >= 4 is 5.91 Å². The molecule has 2 fully saturated rings. The molecule has 1 aromatic rings. The van der Waals surface area contributed by atoms with E-state index in [1.807, 2.05) is 11.0 Å². The largest absolute Gasteiger partial charge is 0.391 e. The Morgan fingerprint density at radius 1 is 1.29 bits per heavy atom. The summed E-state index contributed by atoms with van der Waals surface area (Å²) < 4.78 is 2.31. The minimum atomic E-state index is -0.457. The van der Waals surface area contributed by atoms with Crippen molar-refractivity contribution < 1.29 is 9.90 Å². The van der Waals surface area contributed by atoms with Crippen molar-refractivity contribution in [2.45, 2.75) is 71.1 Å². The van der Waals surface area contributed by atoms with Gasteiger partial charge in [0.2, 0.25) is 0 Å². The van der Waals surface area contributed by atoms with Gasteiger partial charge < -0.3 is 14.6 Å². The van der Waals surface area contributed by atoms with Gasteiger partial charge in [0.05, 0.1) is 17.7 Å². The Bertz CT molecular complexity index is 543. The van der Waals surface area contributed by atoms with Gasteiger partial charge >= 0.3 is 0 Å². The Hall–Kier alpha value is -1.29. The SMILES string of the molecule is Cc1cc(C(=O)N2CCCCC2C(C)O)c(C)n1C1CC1. The normalized spacial score (nSPS) is 24.2. The number of hydrogen-bond acceptors (Lipinski definition) is 2. The Kier molecular flexibility index (Phi) is 3.82. The highest BCUT2D eigenvalue weighted by atomic mass is 16.3. The number of nitrogens with zero attached hydrogens (tertiary/aromatic N) is 2. The predicted octanol–water partition coefficient (Wildman–Crippen LogP) is 2.82. The van der Waals surface area contributed by atoms with Gasteiger partial charge in [0.15, 0.2) is 0 Å². The molecular weight excluding hydrogens is 264 g/mol. The topological polar surface area (TPSA) is 45.5 Å². The van der Waals surface area contributed by atoms with E-state index in [0.29, 0.717) is 6.04 Å². The van der Waals surface area contributed by atoms with Crippen molar-refractivity contribution in [2.75, 3.05) is 6.54 Å². The molecule has 116 valence electrons. The molecule has 4 nitrogen and oxygen atoms in total. The molecule has 0 bridgehead atoms. The lowest BCUT2D eigenvalue weighted by atomic mass is 9.97. The third-order valence-electron chi connectivity index (χ3n) is 4.99. The Labute approximate surface area is 126 Å². The summed E-state index contributed by atoms with van der Waals surface area (Å²) in [6, 6.07) is 2.60. The third kappa shape index (κ3) is 2.61. The Morgan fingerprint density at radius 3 is 2.62 bits per heavy atom. The minimum Gasteiger partial charge on any atom is -0.391 e. The van der Waals surface area contributed by atoms with Gasteiger partial charge in [-0.3, -0.25) is 4.79 Å². The van der Waals surface area contributed by atoms with Gasteiger partial charge in [0.25, 0.3) is 5.91 Å². The number of aromatic nitrogens is 1. The van der Waals surface area contributed by atoms with Crippen LogP contribution in [0.5, 0.6) is 0 Å². The number of rotatable bonds is 3. The molecule has 0 radical (unpaired) electrons. The summed E-state index contributed by atoms with van der Waals surface area (Å²) in [6.07, 6.45) is 5.04. The molecule has 1 saturated heterocycles. The van der Waals surface area contributed by atoms with Crippen LogP contribution in [0, 0.1) is 13.8 Å². The van der Waals surface area contributed by atoms with Gasteiger partial charge in [-0.25, -0.2) is 0 Å². The molecule has 0 spiro atoms. The number of carbonyl (C=O) groups excluding carboxylic acids is 1. The summed E-state index contributed by atoms with van der Waals surface area (Å²) in [4.78, 5) is 14.8. The number of piperidine rings is 1. The van der Waals surface area contributed by atoms with E-state index in [9.17, 15) is 9.90 Å². The molecule has 1 aliphatic carbocycles. The fraction of sp³-hybridized carbons (Fsp3) is 0.706. The second kappa shape index (κ2) is 5.48. The maximum Gasteiger partial charge on any atom is 0.256 e. The number of likely N-dealkylation sites (tertiary alicyclic amines) is 1. The minimum absolute atomic E-state index is 0.0322. The van der Waals surface area contributed by atoms with Crippen LogP contribution in [0.3, 0.4) is 0 Å². The highest BCUT2D eigenvalue weighted by Gasteiger charge is 2.34. The van der Waals surface area contributed by atoms with Crippen LogP contribution >= 0.6 is 0 Å². The van der Waals surface area contributed by atoms with Crippen LogP contribution in [0.2, 0.25) is 0 Å². The van der Waals surface area contributed by atoms with Gasteiger partial charge in [0.1, 0.15) is 0 Å². The maximum atomic E-state index is 12.9. The van der Waals surface area contributed by atoms with Crippen molar-refractivity contribution in [1.82, 2.24) is 9.47 Å². The van der Waals surface area contributed by atoms with Crippen molar-refractivity contribution in [3.63, 3.8) is 0 Å². The van der Waals surface area contributed by atoms with Gasteiger partial charge in [-0.15, -0.1) is 0 Å². The van der Waals surface area contributed by atoms with Crippen LogP contribution in [-0.2, 0) is 0 Å². The molecule has 1 amide bonds. The van der Waals surface area contributed by atoms with Crippen LogP contribution in [0.25, 0.3) is 0 Å². The summed E-state index contributed by atoms with van der Waals surface area (Å²) in [5, 5.41) is 9.97. The van der Waals surface area contributed by atoms with Gasteiger partial charge in [0, 0.05) is 24.0 Å². The zero-order chi connectivity index (χ0) is 15.1. The Balaban J connectivity index is 1.89. The maximum absolute atomic E-state index is 12.9. The number of carbonyl (C=O) groups is 1. The molecule has 1 N–H and O–H groups in total. The van der Waals surface area contributed by atoms with Crippen molar-refractivity contribution in [3.8, 4) is 0 Å². The summed E-state index contributed by atoms with van der Waals surface area (Å²) in [6.45, 7) is 6.70. The second-order valence-corrected chi connectivity index (χ2v) is 6.69. The fourth-order valence-electron chi connectivity index (χ4n) is 3.75. The zero-order valence-corrected chi connectivity index (χ0v) is 13.3. The number of hydrogen-bond donors (Lipinski definition) is 1. The summed E-state index contributed by atoms with van der Waals surface area (Å²) in [7, 11) is 0. The molecule has 21 heavy (non-hydrogen) atoms. The highest BCUT2D eigenvalue weighted by Crippen LogP contribution is 2.38. The van der Waals surface area contributed by atoms with Crippen molar-refractivity contribution in [1.29, 1.82) is 0 Å². The average molecular weight is 290 g/mol. The quantitative estimate of drug-likeness (QED) is 0.930. The highest BCUT2D eigenvalue weighted by molar-refractivity contribution is 5.96. The molecule has 1 aliphatic heterocycles. The molecule has 2 unspecified atom stereocenters. The number of aliphatic hydroxyl groups is 1. The Morgan fingerprint density at radius 2 is 2.00 bits per heavy atom.